The first kappa shape index (κ1) is 20.2. The molecule has 2 saturated carbocycles. The van der Waals surface area contributed by atoms with Crippen molar-refractivity contribution in [2.75, 3.05) is 6.54 Å². The van der Waals surface area contributed by atoms with Crippen LogP contribution in [0.25, 0.3) is 0 Å². The summed E-state index contributed by atoms with van der Waals surface area (Å²) in [7, 11) is 0. The molecule has 3 rings (SSSR count). The largest absolute Gasteiger partial charge is 0.355 e. The van der Waals surface area contributed by atoms with Crippen LogP contribution >= 0.6 is 24.8 Å². The molecular weight excluding hydrogens is 333 g/mol. The van der Waals surface area contributed by atoms with Gasteiger partial charge in [0.15, 0.2) is 0 Å². The Balaban J connectivity index is 0.00000132. The molecule has 0 aliphatic heterocycles. The maximum atomic E-state index is 12.4. The summed E-state index contributed by atoms with van der Waals surface area (Å²) in [6.07, 6.45) is 8.24. The predicted octanol–water partition coefficient (Wildman–Crippen LogP) is 2.74. The number of pyridine rings is 1. The van der Waals surface area contributed by atoms with Crippen LogP contribution in [-0.4, -0.2) is 23.5 Å². The molecule has 1 aromatic rings. The lowest BCUT2D eigenvalue weighted by Gasteiger charge is -2.43. The fraction of sp³-hybridized carbons (Fsp3) is 0.647. The summed E-state index contributed by atoms with van der Waals surface area (Å²) in [6.45, 7) is 0.674. The maximum absolute atomic E-state index is 12.4. The number of amides is 1. The van der Waals surface area contributed by atoms with Gasteiger partial charge in [-0.1, -0.05) is 12.5 Å². The van der Waals surface area contributed by atoms with Crippen LogP contribution < -0.4 is 11.1 Å². The average Bonchev–Trinajstić information content (AvgIpc) is 2.48. The SMILES string of the molecule is Cl.Cl.NC1C2CCCC1CC(C(=O)NCCc1ccccn1)C2. The first-order valence-electron chi connectivity index (χ1n) is 8.17. The van der Waals surface area contributed by atoms with Gasteiger partial charge >= 0.3 is 0 Å². The van der Waals surface area contributed by atoms with E-state index < -0.39 is 0 Å². The van der Waals surface area contributed by atoms with E-state index in [1.807, 2.05) is 18.2 Å². The smallest absolute Gasteiger partial charge is 0.223 e. The summed E-state index contributed by atoms with van der Waals surface area (Å²) >= 11 is 0. The first-order valence-corrected chi connectivity index (χ1v) is 8.17. The molecule has 2 bridgehead atoms. The molecular formula is C17H27Cl2N3O. The first-order chi connectivity index (χ1) is 10.2. The van der Waals surface area contributed by atoms with E-state index in [9.17, 15) is 4.79 Å². The van der Waals surface area contributed by atoms with E-state index in [1.54, 1.807) is 6.20 Å². The lowest BCUT2D eigenvalue weighted by atomic mass is 9.65. The van der Waals surface area contributed by atoms with Gasteiger partial charge in [-0.05, 0) is 49.7 Å². The molecule has 2 fully saturated rings. The topological polar surface area (TPSA) is 68.0 Å². The van der Waals surface area contributed by atoms with E-state index in [4.69, 9.17) is 5.73 Å². The van der Waals surface area contributed by atoms with Crippen LogP contribution in [0.3, 0.4) is 0 Å². The Morgan fingerprint density at radius 3 is 2.52 bits per heavy atom. The van der Waals surface area contributed by atoms with Crippen molar-refractivity contribution in [1.29, 1.82) is 0 Å². The number of nitrogens with zero attached hydrogens (tertiary/aromatic N) is 1. The molecule has 1 amide bonds. The van der Waals surface area contributed by atoms with E-state index in [0.717, 1.165) is 25.0 Å². The quantitative estimate of drug-likeness (QED) is 0.868. The van der Waals surface area contributed by atoms with Crippen molar-refractivity contribution in [3.05, 3.63) is 30.1 Å². The molecule has 0 aromatic carbocycles. The van der Waals surface area contributed by atoms with Gasteiger partial charge in [0, 0.05) is 36.8 Å². The van der Waals surface area contributed by atoms with Crippen molar-refractivity contribution in [2.45, 2.75) is 44.6 Å². The lowest BCUT2D eigenvalue weighted by Crippen LogP contribution is -2.49. The highest BCUT2D eigenvalue weighted by molar-refractivity contribution is 5.85. The molecule has 3 N–H and O–H groups in total. The molecule has 2 aliphatic carbocycles. The molecule has 0 saturated heterocycles. The third-order valence-corrected chi connectivity index (χ3v) is 5.19. The molecule has 23 heavy (non-hydrogen) atoms. The second-order valence-corrected chi connectivity index (χ2v) is 6.56. The van der Waals surface area contributed by atoms with Gasteiger partial charge in [-0.3, -0.25) is 9.78 Å². The number of carbonyl (C=O) groups is 1. The monoisotopic (exact) mass is 359 g/mol. The zero-order chi connectivity index (χ0) is 14.7. The molecule has 130 valence electrons. The molecule has 6 heteroatoms. The van der Waals surface area contributed by atoms with Gasteiger partial charge in [0.05, 0.1) is 0 Å². The van der Waals surface area contributed by atoms with Crippen LogP contribution in [0.4, 0.5) is 0 Å². The number of rotatable bonds is 4. The molecule has 2 unspecified atom stereocenters. The van der Waals surface area contributed by atoms with Crippen molar-refractivity contribution in [2.24, 2.45) is 23.5 Å². The van der Waals surface area contributed by atoms with Crippen LogP contribution in [0.5, 0.6) is 0 Å². The minimum Gasteiger partial charge on any atom is -0.355 e. The Morgan fingerprint density at radius 1 is 1.22 bits per heavy atom. The Bertz CT molecular complexity index is 472. The number of hydrogen-bond donors (Lipinski definition) is 2. The zero-order valence-corrected chi connectivity index (χ0v) is 15.0. The highest BCUT2D eigenvalue weighted by atomic mass is 35.5. The van der Waals surface area contributed by atoms with Gasteiger partial charge in [-0.2, -0.15) is 0 Å². The van der Waals surface area contributed by atoms with Crippen LogP contribution in [0.15, 0.2) is 24.4 Å². The molecule has 0 radical (unpaired) electrons. The van der Waals surface area contributed by atoms with Crippen molar-refractivity contribution < 1.29 is 4.79 Å². The second kappa shape index (κ2) is 9.45. The summed E-state index contributed by atoms with van der Waals surface area (Å²) in [4.78, 5) is 16.6. The van der Waals surface area contributed by atoms with Crippen molar-refractivity contribution in [1.82, 2.24) is 10.3 Å². The fourth-order valence-electron chi connectivity index (χ4n) is 4.01. The average molecular weight is 360 g/mol. The van der Waals surface area contributed by atoms with Gasteiger partial charge in [-0.25, -0.2) is 0 Å². The minimum absolute atomic E-state index is 0. The Labute approximate surface area is 150 Å². The van der Waals surface area contributed by atoms with Gasteiger partial charge < -0.3 is 11.1 Å². The number of nitrogens with two attached hydrogens (primary N) is 1. The number of halogens is 2. The number of carbonyl (C=O) groups excluding carboxylic acids is 1. The van der Waals surface area contributed by atoms with Gasteiger partial charge in [0.2, 0.25) is 5.91 Å². The van der Waals surface area contributed by atoms with Crippen LogP contribution in [0, 0.1) is 17.8 Å². The molecule has 0 spiro atoms. The molecule has 4 nitrogen and oxygen atoms in total. The van der Waals surface area contributed by atoms with E-state index in [2.05, 4.69) is 10.3 Å². The number of hydrogen-bond acceptors (Lipinski definition) is 3. The Kier molecular flexibility index (Phi) is 8.31. The van der Waals surface area contributed by atoms with Crippen molar-refractivity contribution in [3.63, 3.8) is 0 Å². The molecule has 2 atom stereocenters. The molecule has 1 heterocycles. The Morgan fingerprint density at radius 2 is 1.91 bits per heavy atom. The fourth-order valence-corrected chi connectivity index (χ4v) is 4.01. The maximum Gasteiger partial charge on any atom is 0.223 e. The third-order valence-electron chi connectivity index (χ3n) is 5.19. The summed E-state index contributed by atoms with van der Waals surface area (Å²) in [6, 6.07) is 6.21. The van der Waals surface area contributed by atoms with E-state index >= 15 is 0 Å². The predicted molar refractivity (Wildman–Crippen MR) is 97.0 cm³/mol. The van der Waals surface area contributed by atoms with Crippen LogP contribution in [0.1, 0.15) is 37.8 Å². The van der Waals surface area contributed by atoms with Crippen molar-refractivity contribution in [3.8, 4) is 0 Å². The summed E-state index contributed by atoms with van der Waals surface area (Å²) in [5, 5.41) is 3.09. The van der Waals surface area contributed by atoms with Crippen molar-refractivity contribution >= 4 is 30.7 Å². The summed E-state index contributed by atoms with van der Waals surface area (Å²) < 4.78 is 0. The highest BCUT2D eigenvalue weighted by Crippen LogP contribution is 2.41. The number of aromatic nitrogens is 1. The number of fused-ring (bicyclic) bond motifs is 2. The standard InChI is InChI=1S/C17H25N3O.2ClH/c18-16-12-4-3-5-13(16)11-14(10-12)17(21)20-9-7-15-6-1-2-8-19-15;;/h1-2,6,8,12-14,16H,3-5,7,9-11,18H2,(H,20,21);2*1H. The van der Waals surface area contributed by atoms with Gasteiger partial charge in [0.25, 0.3) is 0 Å². The minimum atomic E-state index is 0. The van der Waals surface area contributed by atoms with Crippen LogP contribution in [0.2, 0.25) is 0 Å². The summed E-state index contributed by atoms with van der Waals surface area (Å²) in [5.74, 6) is 1.51. The number of nitrogens with one attached hydrogen (secondary N) is 1. The second-order valence-electron chi connectivity index (χ2n) is 6.56. The van der Waals surface area contributed by atoms with E-state index in [-0.39, 0.29) is 36.6 Å². The molecule has 2 aliphatic rings. The zero-order valence-electron chi connectivity index (χ0n) is 13.3. The Hall–Kier alpha value is -0.840. The lowest BCUT2D eigenvalue weighted by molar-refractivity contribution is -0.127. The summed E-state index contributed by atoms with van der Waals surface area (Å²) in [5.41, 5.74) is 7.31. The normalized spacial score (nSPS) is 28.9. The highest BCUT2D eigenvalue weighted by Gasteiger charge is 2.40. The van der Waals surface area contributed by atoms with Gasteiger partial charge in [0.1, 0.15) is 0 Å². The van der Waals surface area contributed by atoms with Crippen LogP contribution in [-0.2, 0) is 11.2 Å². The van der Waals surface area contributed by atoms with E-state index in [1.165, 1.54) is 19.3 Å². The van der Waals surface area contributed by atoms with Gasteiger partial charge in [-0.15, -0.1) is 24.8 Å². The molecule has 1 aromatic heterocycles. The van der Waals surface area contributed by atoms with E-state index in [0.29, 0.717) is 24.4 Å². The third kappa shape index (κ3) is 5.07.